The van der Waals surface area contributed by atoms with Crippen LogP contribution in [0.2, 0.25) is 0 Å². The number of nitrogens with two attached hydrogens (primary N) is 1. The Hall–Kier alpha value is -1.61. The molecule has 0 saturated heterocycles. The lowest BCUT2D eigenvalue weighted by atomic mass is 10.0. The fraction of sp³-hybridized carbons (Fsp3) is 0.550. The molecule has 0 bridgehead atoms. The van der Waals surface area contributed by atoms with E-state index in [1.165, 1.54) is 38.5 Å². The quantitative estimate of drug-likeness (QED) is 0.453. The number of H-pyrrole nitrogens is 1. The lowest BCUT2D eigenvalue weighted by molar-refractivity contribution is 0.0979. The second-order valence-corrected chi connectivity index (χ2v) is 6.43. The minimum absolute atomic E-state index is 0.266. The summed E-state index contributed by atoms with van der Waals surface area (Å²) in [6.07, 6.45) is 10.2. The van der Waals surface area contributed by atoms with Crippen LogP contribution in [-0.4, -0.2) is 17.3 Å². The zero-order valence-corrected chi connectivity index (χ0v) is 14.4. The first kappa shape index (κ1) is 17.7. The average molecular weight is 314 g/mol. The molecule has 0 aliphatic rings. The second kappa shape index (κ2) is 9.51. The average Bonchev–Trinajstić information content (AvgIpc) is 2.95. The van der Waals surface area contributed by atoms with Gasteiger partial charge in [0.1, 0.15) is 0 Å². The molecule has 2 aromatic rings. The van der Waals surface area contributed by atoms with E-state index in [0.29, 0.717) is 13.0 Å². The van der Waals surface area contributed by atoms with Crippen molar-refractivity contribution in [3.05, 3.63) is 35.5 Å². The van der Waals surface area contributed by atoms with Crippen LogP contribution in [0.25, 0.3) is 10.9 Å². The Bertz CT molecular complexity index is 615. The highest BCUT2D eigenvalue weighted by Crippen LogP contribution is 2.19. The Morgan fingerprint density at radius 2 is 1.78 bits per heavy atom. The molecule has 0 amide bonds. The van der Waals surface area contributed by atoms with Crippen LogP contribution >= 0.6 is 0 Å². The van der Waals surface area contributed by atoms with Crippen LogP contribution in [0.4, 0.5) is 0 Å². The summed E-state index contributed by atoms with van der Waals surface area (Å²) in [6.45, 7) is 2.87. The van der Waals surface area contributed by atoms with E-state index in [9.17, 15) is 4.79 Å². The number of nitrogens with one attached hydrogen (secondary N) is 1. The van der Waals surface area contributed by atoms with Crippen molar-refractivity contribution in [1.82, 2.24) is 4.98 Å². The summed E-state index contributed by atoms with van der Waals surface area (Å²) >= 11 is 0. The number of aromatic nitrogens is 1. The molecule has 3 nitrogen and oxygen atoms in total. The Labute approximate surface area is 139 Å². The number of benzene rings is 1. The van der Waals surface area contributed by atoms with E-state index in [-0.39, 0.29) is 5.78 Å². The molecule has 23 heavy (non-hydrogen) atoms. The largest absolute Gasteiger partial charge is 0.358 e. The van der Waals surface area contributed by atoms with Crippen LogP contribution in [-0.2, 0) is 6.42 Å². The minimum Gasteiger partial charge on any atom is -0.358 e. The first-order valence-electron chi connectivity index (χ1n) is 9.09. The van der Waals surface area contributed by atoms with Gasteiger partial charge in [0.2, 0.25) is 0 Å². The first-order valence-corrected chi connectivity index (χ1v) is 9.09. The van der Waals surface area contributed by atoms with E-state index >= 15 is 0 Å². The standard InChI is InChI=1S/C20H30N2O/c1-2-3-4-5-6-7-8-9-20(23)16-10-11-19-17(14-16)15-18(22-19)12-13-21/h10-11,14-15,22H,2-9,12-13,21H2,1H3. The highest BCUT2D eigenvalue weighted by atomic mass is 16.1. The second-order valence-electron chi connectivity index (χ2n) is 6.43. The normalized spacial score (nSPS) is 11.2. The van der Waals surface area contributed by atoms with Crippen molar-refractivity contribution < 1.29 is 4.79 Å². The van der Waals surface area contributed by atoms with Gasteiger partial charge in [-0.25, -0.2) is 0 Å². The van der Waals surface area contributed by atoms with Crippen molar-refractivity contribution in [2.75, 3.05) is 6.54 Å². The maximum absolute atomic E-state index is 12.3. The Kier molecular flexibility index (Phi) is 7.34. The molecule has 1 aromatic carbocycles. The third kappa shape index (κ3) is 5.51. The molecule has 0 aliphatic carbocycles. The van der Waals surface area contributed by atoms with Gasteiger partial charge in [0.05, 0.1) is 0 Å². The summed E-state index contributed by atoms with van der Waals surface area (Å²) in [5.41, 5.74) is 8.65. The number of ketones is 1. The van der Waals surface area contributed by atoms with Crippen LogP contribution in [0.15, 0.2) is 24.3 Å². The molecule has 3 N–H and O–H groups in total. The zero-order valence-electron chi connectivity index (χ0n) is 14.4. The van der Waals surface area contributed by atoms with Crippen molar-refractivity contribution in [3.63, 3.8) is 0 Å². The molecule has 0 radical (unpaired) electrons. The fourth-order valence-electron chi connectivity index (χ4n) is 3.04. The van der Waals surface area contributed by atoms with Crippen molar-refractivity contribution in [2.45, 2.75) is 64.7 Å². The van der Waals surface area contributed by atoms with E-state index in [0.717, 1.165) is 35.0 Å². The predicted octanol–water partition coefficient (Wildman–Crippen LogP) is 4.99. The maximum atomic E-state index is 12.3. The number of hydrogen-bond acceptors (Lipinski definition) is 2. The summed E-state index contributed by atoms with van der Waals surface area (Å²) in [4.78, 5) is 15.7. The van der Waals surface area contributed by atoms with Gasteiger partial charge in [0, 0.05) is 28.6 Å². The minimum atomic E-state index is 0.266. The van der Waals surface area contributed by atoms with Gasteiger partial charge in [-0.1, -0.05) is 45.4 Å². The third-order valence-corrected chi connectivity index (χ3v) is 4.42. The molecule has 3 heteroatoms. The predicted molar refractivity (Wildman–Crippen MR) is 98.0 cm³/mol. The molecule has 0 fully saturated rings. The van der Waals surface area contributed by atoms with Gasteiger partial charge in [-0.3, -0.25) is 4.79 Å². The Morgan fingerprint density at radius 1 is 1.04 bits per heavy atom. The molecule has 0 aliphatic heterocycles. The number of fused-ring (bicyclic) bond motifs is 1. The Morgan fingerprint density at radius 3 is 2.52 bits per heavy atom. The molecule has 1 aromatic heterocycles. The number of carbonyl (C=O) groups is 1. The number of aromatic amines is 1. The van der Waals surface area contributed by atoms with Crippen LogP contribution in [0, 0.1) is 0 Å². The van der Waals surface area contributed by atoms with E-state index in [1.807, 2.05) is 18.2 Å². The van der Waals surface area contributed by atoms with Gasteiger partial charge in [0.25, 0.3) is 0 Å². The SMILES string of the molecule is CCCCCCCCCC(=O)c1ccc2[nH]c(CCN)cc2c1. The number of unbranched alkanes of at least 4 members (excludes halogenated alkanes) is 6. The molecule has 126 valence electrons. The summed E-state index contributed by atoms with van der Waals surface area (Å²) < 4.78 is 0. The number of rotatable bonds is 11. The zero-order chi connectivity index (χ0) is 16.5. The van der Waals surface area contributed by atoms with E-state index in [1.54, 1.807) is 0 Å². The summed E-state index contributed by atoms with van der Waals surface area (Å²) in [5, 5.41) is 1.11. The molecule has 0 spiro atoms. The summed E-state index contributed by atoms with van der Waals surface area (Å²) in [6, 6.07) is 8.06. The summed E-state index contributed by atoms with van der Waals surface area (Å²) in [5.74, 6) is 0.266. The molecular formula is C20H30N2O. The molecule has 2 rings (SSSR count). The third-order valence-electron chi connectivity index (χ3n) is 4.42. The number of hydrogen-bond donors (Lipinski definition) is 2. The highest BCUT2D eigenvalue weighted by Gasteiger charge is 2.08. The van der Waals surface area contributed by atoms with E-state index in [2.05, 4.69) is 18.0 Å². The van der Waals surface area contributed by atoms with E-state index < -0.39 is 0 Å². The Balaban J connectivity index is 1.81. The lowest BCUT2D eigenvalue weighted by Gasteiger charge is -2.02. The van der Waals surface area contributed by atoms with Crippen molar-refractivity contribution in [1.29, 1.82) is 0 Å². The van der Waals surface area contributed by atoms with Crippen LogP contribution < -0.4 is 5.73 Å². The smallest absolute Gasteiger partial charge is 0.162 e. The number of carbonyl (C=O) groups excluding carboxylic acids is 1. The van der Waals surface area contributed by atoms with Crippen molar-refractivity contribution >= 4 is 16.7 Å². The van der Waals surface area contributed by atoms with Gasteiger partial charge in [-0.05, 0) is 43.7 Å². The fourth-order valence-corrected chi connectivity index (χ4v) is 3.04. The maximum Gasteiger partial charge on any atom is 0.162 e. The molecule has 0 atom stereocenters. The van der Waals surface area contributed by atoms with Gasteiger partial charge in [0.15, 0.2) is 5.78 Å². The van der Waals surface area contributed by atoms with Gasteiger partial charge >= 0.3 is 0 Å². The molecule has 0 unspecified atom stereocenters. The molecule has 1 heterocycles. The first-order chi connectivity index (χ1) is 11.2. The van der Waals surface area contributed by atoms with Gasteiger partial charge in [-0.2, -0.15) is 0 Å². The van der Waals surface area contributed by atoms with Crippen LogP contribution in [0.5, 0.6) is 0 Å². The highest BCUT2D eigenvalue weighted by molar-refractivity contribution is 5.99. The van der Waals surface area contributed by atoms with Gasteiger partial charge < -0.3 is 10.7 Å². The number of Topliss-reactive ketones (excluding diaryl/α,β-unsaturated/α-hetero) is 1. The van der Waals surface area contributed by atoms with Crippen molar-refractivity contribution in [3.8, 4) is 0 Å². The monoisotopic (exact) mass is 314 g/mol. The van der Waals surface area contributed by atoms with Crippen molar-refractivity contribution in [2.24, 2.45) is 5.73 Å². The molecule has 0 saturated carbocycles. The van der Waals surface area contributed by atoms with Crippen LogP contribution in [0.1, 0.15) is 74.3 Å². The lowest BCUT2D eigenvalue weighted by Crippen LogP contribution is -2.02. The summed E-state index contributed by atoms with van der Waals surface area (Å²) in [7, 11) is 0. The molecular weight excluding hydrogens is 284 g/mol. The topological polar surface area (TPSA) is 58.9 Å². The van der Waals surface area contributed by atoms with Crippen LogP contribution in [0.3, 0.4) is 0 Å². The van der Waals surface area contributed by atoms with Gasteiger partial charge in [-0.15, -0.1) is 0 Å². The van der Waals surface area contributed by atoms with E-state index in [4.69, 9.17) is 5.73 Å².